The number of benzene rings is 3. The minimum Gasteiger partial charge on any atom is -0.318 e. The number of amides is 1. The molecule has 150 valence electrons. The predicted octanol–water partition coefficient (Wildman–Crippen LogP) is 5.30. The number of rotatable bonds is 6. The molecule has 7 heteroatoms. The van der Waals surface area contributed by atoms with Gasteiger partial charge in [0.1, 0.15) is 12.4 Å². The Balaban J connectivity index is 1.57. The number of carbonyl (C=O) groups excluding carboxylic acids is 1. The van der Waals surface area contributed by atoms with Gasteiger partial charge in [-0.15, -0.1) is 0 Å². The molecule has 0 bridgehead atoms. The normalized spacial score (nSPS) is 11.3. The lowest BCUT2D eigenvalue weighted by atomic mass is 10.1. The van der Waals surface area contributed by atoms with E-state index in [1.54, 1.807) is 6.21 Å². The van der Waals surface area contributed by atoms with Gasteiger partial charge in [0, 0.05) is 15.4 Å². The molecule has 4 aromatic rings. The van der Waals surface area contributed by atoms with Crippen LogP contribution < -0.4 is 5.43 Å². The second-order valence-corrected chi connectivity index (χ2v) is 8.59. The molecular formula is C23H18Br2N4O. The molecule has 0 spiro atoms. The first kappa shape index (κ1) is 20.5. The zero-order chi connectivity index (χ0) is 20.9. The molecule has 1 heterocycles. The number of carbonyl (C=O) groups is 1. The van der Waals surface area contributed by atoms with Crippen LogP contribution in [0, 0.1) is 0 Å². The van der Waals surface area contributed by atoms with E-state index in [0.29, 0.717) is 6.42 Å². The van der Waals surface area contributed by atoms with Crippen LogP contribution in [-0.2, 0) is 17.8 Å². The second kappa shape index (κ2) is 9.36. The van der Waals surface area contributed by atoms with Crippen LogP contribution in [-0.4, -0.2) is 21.7 Å². The van der Waals surface area contributed by atoms with Crippen LogP contribution in [0.3, 0.4) is 0 Å². The Morgan fingerprint density at radius 1 is 1.00 bits per heavy atom. The molecule has 4 rings (SSSR count). The van der Waals surface area contributed by atoms with Gasteiger partial charge in [0.25, 0.3) is 5.91 Å². The van der Waals surface area contributed by atoms with Crippen molar-refractivity contribution in [1.29, 1.82) is 0 Å². The predicted molar refractivity (Wildman–Crippen MR) is 127 cm³/mol. The molecule has 0 fully saturated rings. The van der Waals surface area contributed by atoms with E-state index < -0.39 is 0 Å². The fraction of sp³-hybridized carbons (Fsp3) is 0.0870. The highest BCUT2D eigenvalue weighted by Gasteiger charge is 2.14. The Bertz CT molecular complexity index is 1200. The summed E-state index contributed by atoms with van der Waals surface area (Å²) >= 11 is 6.98. The van der Waals surface area contributed by atoms with Crippen LogP contribution in [0.2, 0.25) is 0 Å². The summed E-state index contributed by atoms with van der Waals surface area (Å²) in [5, 5.41) is 4.07. The van der Waals surface area contributed by atoms with Crippen molar-refractivity contribution in [3.63, 3.8) is 0 Å². The van der Waals surface area contributed by atoms with Gasteiger partial charge in [-0.1, -0.05) is 74.3 Å². The van der Waals surface area contributed by atoms with Crippen LogP contribution >= 0.6 is 31.9 Å². The van der Waals surface area contributed by atoms with Gasteiger partial charge in [0.15, 0.2) is 0 Å². The van der Waals surface area contributed by atoms with Crippen molar-refractivity contribution < 1.29 is 4.79 Å². The number of aromatic nitrogens is 2. The number of hydrazone groups is 1. The SMILES string of the molecule is O=C(Cn1c(Cc2ccc(Br)cc2)nc2ccc(Br)cc21)N/N=C/c1ccccc1. The summed E-state index contributed by atoms with van der Waals surface area (Å²) in [5.74, 6) is 0.617. The van der Waals surface area contributed by atoms with Gasteiger partial charge in [0.2, 0.25) is 0 Å². The number of nitrogens with zero attached hydrogens (tertiary/aromatic N) is 3. The second-order valence-electron chi connectivity index (χ2n) is 6.75. The molecular weight excluding hydrogens is 508 g/mol. The fourth-order valence-corrected chi connectivity index (χ4v) is 3.75. The number of nitrogens with one attached hydrogen (secondary N) is 1. The Labute approximate surface area is 191 Å². The molecule has 0 saturated heterocycles. The van der Waals surface area contributed by atoms with Gasteiger partial charge < -0.3 is 4.57 Å². The molecule has 1 aromatic heterocycles. The topological polar surface area (TPSA) is 59.3 Å². The third-order valence-electron chi connectivity index (χ3n) is 4.57. The maximum absolute atomic E-state index is 12.6. The number of imidazole rings is 1. The number of hydrogen-bond donors (Lipinski definition) is 1. The summed E-state index contributed by atoms with van der Waals surface area (Å²) in [6.07, 6.45) is 2.25. The van der Waals surface area contributed by atoms with Crippen molar-refractivity contribution in [2.45, 2.75) is 13.0 Å². The van der Waals surface area contributed by atoms with Crippen LogP contribution in [0.4, 0.5) is 0 Å². The maximum atomic E-state index is 12.6. The molecule has 1 N–H and O–H groups in total. The first-order chi connectivity index (χ1) is 14.6. The zero-order valence-corrected chi connectivity index (χ0v) is 19.1. The van der Waals surface area contributed by atoms with E-state index in [1.807, 2.05) is 77.4 Å². The molecule has 0 aliphatic rings. The summed E-state index contributed by atoms with van der Waals surface area (Å²) in [6, 6.07) is 23.6. The summed E-state index contributed by atoms with van der Waals surface area (Å²) in [5.41, 5.74) is 6.41. The molecule has 30 heavy (non-hydrogen) atoms. The number of halogens is 2. The van der Waals surface area contributed by atoms with E-state index in [0.717, 1.165) is 36.9 Å². The van der Waals surface area contributed by atoms with Crippen molar-refractivity contribution in [2.75, 3.05) is 0 Å². The van der Waals surface area contributed by atoms with Crippen molar-refractivity contribution in [3.8, 4) is 0 Å². The average Bonchev–Trinajstić information content (AvgIpc) is 3.07. The molecule has 0 atom stereocenters. The maximum Gasteiger partial charge on any atom is 0.260 e. The Morgan fingerprint density at radius 3 is 2.50 bits per heavy atom. The molecule has 0 unspecified atom stereocenters. The standard InChI is InChI=1S/C23H18Br2N4O/c24-18-8-6-16(7-9-18)12-22-27-20-11-10-19(25)13-21(20)29(22)15-23(30)28-26-14-17-4-2-1-3-5-17/h1-11,13-14H,12,15H2,(H,28,30)/b26-14+. The van der Waals surface area contributed by atoms with Crippen LogP contribution in [0.1, 0.15) is 17.0 Å². The lowest BCUT2D eigenvalue weighted by molar-refractivity contribution is -0.121. The average molecular weight is 526 g/mol. The molecule has 0 aliphatic heterocycles. The molecule has 5 nitrogen and oxygen atoms in total. The van der Waals surface area contributed by atoms with E-state index in [4.69, 9.17) is 4.98 Å². The van der Waals surface area contributed by atoms with Crippen LogP contribution in [0.5, 0.6) is 0 Å². The first-order valence-corrected chi connectivity index (χ1v) is 10.9. The van der Waals surface area contributed by atoms with E-state index >= 15 is 0 Å². The number of fused-ring (bicyclic) bond motifs is 1. The first-order valence-electron chi connectivity index (χ1n) is 9.34. The lowest BCUT2D eigenvalue weighted by Crippen LogP contribution is -2.24. The van der Waals surface area contributed by atoms with Crippen molar-refractivity contribution in [3.05, 3.63) is 98.7 Å². The largest absolute Gasteiger partial charge is 0.318 e. The molecule has 3 aromatic carbocycles. The smallest absolute Gasteiger partial charge is 0.260 e. The van der Waals surface area contributed by atoms with Gasteiger partial charge >= 0.3 is 0 Å². The van der Waals surface area contributed by atoms with Crippen molar-refractivity contribution >= 4 is 55.0 Å². The van der Waals surface area contributed by atoms with Crippen molar-refractivity contribution in [1.82, 2.24) is 15.0 Å². The summed E-state index contributed by atoms with van der Waals surface area (Å²) < 4.78 is 3.91. The summed E-state index contributed by atoms with van der Waals surface area (Å²) in [7, 11) is 0. The molecule has 0 radical (unpaired) electrons. The van der Waals surface area contributed by atoms with E-state index in [2.05, 4.69) is 42.4 Å². The van der Waals surface area contributed by atoms with E-state index in [1.165, 1.54) is 0 Å². The fourth-order valence-electron chi connectivity index (χ4n) is 3.14. The third kappa shape index (κ3) is 5.04. The lowest BCUT2D eigenvalue weighted by Gasteiger charge is -2.09. The Morgan fingerprint density at radius 2 is 1.73 bits per heavy atom. The minimum absolute atomic E-state index is 0.130. The number of hydrogen-bond acceptors (Lipinski definition) is 3. The highest BCUT2D eigenvalue weighted by Crippen LogP contribution is 2.23. The van der Waals surface area contributed by atoms with Gasteiger partial charge in [-0.2, -0.15) is 5.10 Å². The van der Waals surface area contributed by atoms with E-state index in [-0.39, 0.29) is 12.5 Å². The minimum atomic E-state index is -0.210. The molecule has 0 aliphatic carbocycles. The monoisotopic (exact) mass is 524 g/mol. The summed E-state index contributed by atoms with van der Waals surface area (Å²) in [6.45, 7) is 0.130. The van der Waals surface area contributed by atoms with Gasteiger partial charge in [-0.3, -0.25) is 4.79 Å². The highest BCUT2D eigenvalue weighted by atomic mass is 79.9. The Hall–Kier alpha value is -2.77. The van der Waals surface area contributed by atoms with Gasteiger partial charge in [-0.25, -0.2) is 10.4 Å². The summed E-state index contributed by atoms with van der Waals surface area (Å²) in [4.78, 5) is 17.4. The van der Waals surface area contributed by atoms with Gasteiger partial charge in [-0.05, 0) is 41.5 Å². The molecule has 0 saturated carbocycles. The quantitative estimate of drug-likeness (QED) is 0.274. The van der Waals surface area contributed by atoms with Crippen LogP contribution in [0.15, 0.2) is 86.8 Å². The van der Waals surface area contributed by atoms with Crippen molar-refractivity contribution in [2.24, 2.45) is 5.10 Å². The van der Waals surface area contributed by atoms with Gasteiger partial charge in [0.05, 0.1) is 17.2 Å². The molecule has 1 amide bonds. The zero-order valence-electron chi connectivity index (χ0n) is 15.9. The third-order valence-corrected chi connectivity index (χ3v) is 5.59. The van der Waals surface area contributed by atoms with Crippen LogP contribution in [0.25, 0.3) is 11.0 Å². The highest BCUT2D eigenvalue weighted by molar-refractivity contribution is 9.10. The van der Waals surface area contributed by atoms with E-state index in [9.17, 15) is 4.79 Å². The Kier molecular flexibility index (Phi) is 6.40.